The third-order valence-electron chi connectivity index (χ3n) is 4.21. The summed E-state index contributed by atoms with van der Waals surface area (Å²) in [5.41, 5.74) is 2.58. The summed E-state index contributed by atoms with van der Waals surface area (Å²) in [4.78, 5) is 23.8. The van der Waals surface area contributed by atoms with Crippen LogP contribution in [-0.2, 0) is 16.0 Å². The molecule has 1 atom stereocenters. The van der Waals surface area contributed by atoms with Crippen LogP contribution in [0.5, 0.6) is 11.5 Å². The van der Waals surface area contributed by atoms with Gasteiger partial charge >= 0.3 is 5.97 Å². The first-order valence-electron chi connectivity index (χ1n) is 8.75. The van der Waals surface area contributed by atoms with Gasteiger partial charge in [-0.05, 0) is 36.6 Å². The van der Waals surface area contributed by atoms with E-state index in [4.69, 9.17) is 14.2 Å². The van der Waals surface area contributed by atoms with Crippen molar-refractivity contribution < 1.29 is 23.8 Å². The molecule has 0 aromatic heterocycles. The maximum Gasteiger partial charge on any atom is 0.341 e. The second kappa shape index (κ2) is 9.62. The molecule has 6 heteroatoms. The normalized spacial score (nSPS) is 11.4. The summed E-state index contributed by atoms with van der Waals surface area (Å²) in [5.74, 6) is 0.0101. The summed E-state index contributed by atoms with van der Waals surface area (Å²) in [6.45, 7) is 3.88. The predicted molar refractivity (Wildman–Crippen MR) is 102 cm³/mol. The lowest BCUT2D eigenvalue weighted by Gasteiger charge is -2.15. The van der Waals surface area contributed by atoms with Gasteiger partial charge in [0.05, 0.1) is 20.3 Å². The fourth-order valence-corrected chi connectivity index (χ4v) is 2.60. The number of aryl methyl sites for hydroxylation is 1. The number of carbonyl (C=O) groups is 2. The SMILES string of the molecule is CCc1ccc([C@@H](C)NC(=O)COc2ccc(C(=O)OC)c(OC)c2)cc1. The number of rotatable bonds is 8. The Morgan fingerprint density at radius 2 is 1.78 bits per heavy atom. The second-order valence-electron chi connectivity index (χ2n) is 6.03. The number of methoxy groups -OCH3 is 2. The first kappa shape index (κ1) is 20.3. The van der Waals surface area contributed by atoms with Crippen LogP contribution in [0.15, 0.2) is 42.5 Å². The number of nitrogens with one attached hydrogen (secondary N) is 1. The summed E-state index contributed by atoms with van der Waals surface area (Å²) < 4.78 is 15.4. The molecule has 0 saturated carbocycles. The Morgan fingerprint density at radius 3 is 2.37 bits per heavy atom. The molecule has 0 fully saturated rings. The molecule has 6 nitrogen and oxygen atoms in total. The Hall–Kier alpha value is -3.02. The molecule has 0 radical (unpaired) electrons. The highest BCUT2D eigenvalue weighted by Gasteiger charge is 2.15. The lowest BCUT2D eigenvalue weighted by Crippen LogP contribution is -2.31. The van der Waals surface area contributed by atoms with Gasteiger partial charge in [-0.25, -0.2) is 4.79 Å². The number of hydrogen-bond acceptors (Lipinski definition) is 5. The van der Waals surface area contributed by atoms with Gasteiger partial charge < -0.3 is 19.5 Å². The minimum atomic E-state index is -0.501. The monoisotopic (exact) mass is 371 g/mol. The molecule has 1 amide bonds. The maximum absolute atomic E-state index is 12.2. The van der Waals surface area contributed by atoms with E-state index in [0.29, 0.717) is 17.1 Å². The van der Waals surface area contributed by atoms with E-state index in [1.54, 1.807) is 12.1 Å². The zero-order valence-corrected chi connectivity index (χ0v) is 16.1. The average molecular weight is 371 g/mol. The molecule has 1 N–H and O–H groups in total. The van der Waals surface area contributed by atoms with Gasteiger partial charge in [-0.1, -0.05) is 31.2 Å². The molecule has 0 bridgehead atoms. The topological polar surface area (TPSA) is 73.9 Å². The van der Waals surface area contributed by atoms with Crippen LogP contribution in [0.3, 0.4) is 0 Å². The third-order valence-corrected chi connectivity index (χ3v) is 4.21. The van der Waals surface area contributed by atoms with Crippen LogP contribution in [0.25, 0.3) is 0 Å². The van der Waals surface area contributed by atoms with E-state index in [0.717, 1.165) is 12.0 Å². The highest BCUT2D eigenvalue weighted by Crippen LogP contribution is 2.25. The minimum Gasteiger partial charge on any atom is -0.496 e. The van der Waals surface area contributed by atoms with Crippen LogP contribution >= 0.6 is 0 Å². The number of esters is 1. The number of amides is 1. The molecule has 2 rings (SSSR count). The van der Waals surface area contributed by atoms with Crippen molar-refractivity contribution in [1.82, 2.24) is 5.32 Å². The Morgan fingerprint density at radius 1 is 1.07 bits per heavy atom. The van der Waals surface area contributed by atoms with Crippen LogP contribution in [0.2, 0.25) is 0 Å². The highest BCUT2D eigenvalue weighted by molar-refractivity contribution is 5.92. The molecule has 0 aliphatic rings. The van der Waals surface area contributed by atoms with Gasteiger partial charge in [-0.2, -0.15) is 0 Å². The maximum atomic E-state index is 12.2. The lowest BCUT2D eigenvalue weighted by atomic mass is 10.1. The molecule has 0 saturated heterocycles. The fraction of sp³-hybridized carbons (Fsp3) is 0.333. The number of ether oxygens (including phenoxy) is 3. The van der Waals surface area contributed by atoms with Crippen molar-refractivity contribution in [3.05, 3.63) is 59.2 Å². The Bertz CT molecular complexity index is 786. The van der Waals surface area contributed by atoms with Gasteiger partial charge in [0, 0.05) is 6.07 Å². The predicted octanol–water partition coefficient (Wildman–Crippen LogP) is 3.30. The number of benzene rings is 2. The summed E-state index contributed by atoms with van der Waals surface area (Å²) >= 11 is 0. The second-order valence-corrected chi connectivity index (χ2v) is 6.03. The first-order chi connectivity index (χ1) is 13.0. The smallest absolute Gasteiger partial charge is 0.341 e. The lowest BCUT2D eigenvalue weighted by molar-refractivity contribution is -0.123. The molecule has 0 aliphatic heterocycles. The van der Waals surface area contributed by atoms with Crippen LogP contribution in [-0.4, -0.2) is 32.7 Å². The van der Waals surface area contributed by atoms with Gasteiger partial charge in [-0.3, -0.25) is 4.79 Å². The molecule has 0 aliphatic carbocycles. The molecular formula is C21H25NO5. The van der Waals surface area contributed by atoms with Crippen molar-refractivity contribution in [2.45, 2.75) is 26.3 Å². The average Bonchev–Trinajstić information content (AvgIpc) is 2.71. The molecular weight excluding hydrogens is 346 g/mol. The van der Waals surface area contributed by atoms with Crippen LogP contribution in [0, 0.1) is 0 Å². The molecule has 0 heterocycles. The molecule has 27 heavy (non-hydrogen) atoms. The molecule has 2 aromatic carbocycles. The van der Waals surface area contributed by atoms with Gasteiger partial charge in [-0.15, -0.1) is 0 Å². The van der Waals surface area contributed by atoms with Gasteiger partial charge in [0.15, 0.2) is 6.61 Å². The Labute approximate surface area is 159 Å². The molecule has 0 unspecified atom stereocenters. The van der Waals surface area contributed by atoms with E-state index >= 15 is 0 Å². The van der Waals surface area contributed by atoms with Crippen LogP contribution in [0.4, 0.5) is 0 Å². The highest BCUT2D eigenvalue weighted by atomic mass is 16.5. The first-order valence-corrected chi connectivity index (χ1v) is 8.75. The quantitative estimate of drug-likeness (QED) is 0.721. The van der Waals surface area contributed by atoms with E-state index in [2.05, 4.69) is 24.4 Å². The van der Waals surface area contributed by atoms with Crippen molar-refractivity contribution >= 4 is 11.9 Å². The zero-order valence-electron chi connectivity index (χ0n) is 16.1. The van der Waals surface area contributed by atoms with Crippen molar-refractivity contribution in [1.29, 1.82) is 0 Å². The van der Waals surface area contributed by atoms with E-state index in [1.807, 2.05) is 19.1 Å². The van der Waals surface area contributed by atoms with Gasteiger partial charge in [0.1, 0.15) is 17.1 Å². The van der Waals surface area contributed by atoms with Crippen molar-refractivity contribution in [3.8, 4) is 11.5 Å². The van der Waals surface area contributed by atoms with Crippen LogP contribution in [0.1, 0.15) is 41.4 Å². The van der Waals surface area contributed by atoms with Crippen LogP contribution < -0.4 is 14.8 Å². The van der Waals surface area contributed by atoms with E-state index in [9.17, 15) is 9.59 Å². The number of hydrogen-bond donors (Lipinski definition) is 1. The minimum absolute atomic E-state index is 0.122. The van der Waals surface area contributed by atoms with Crippen molar-refractivity contribution in [3.63, 3.8) is 0 Å². The molecule has 144 valence electrons. The summed E-state index contributed by atoms with van der Waals surface area (Å²) in [7, 11) is 2.75. The van der Waals surface area contributed by atoms with E-state index < -0.39 is 5.97 Å². The number of carbonyl (C=O) groups excluding carboxylic acids is 2. The summed E-state index contributed by atoms with van der Waals surface area (Å²) in [6.07, 6.45) is 0.979. The summed E-state index contributed by atoms with van der Waals surface area (Å²) in [6, 6.07) is 12.7. The van der Waals surface area contributed by atoms with E-state index in [-0.39, 0.29) is 18.6 Å². The van der Waals surface area contributed by atoms with E-state index in [1.165, 1.54) is 25.8 Å². The zero-order chi connectivity index (χ0) is 19.8. The third kappa shape index (κ3) is 5.48. The summed E-state index contributed by atoms with van der Waals surface area (Å²) in [5, 5.41) is 2.90. The van der Waals surface area contributed by atoms with Gasteiger partial charge in [0.25, 0.3) is 5.91 Å². The standard InChI is InChI=1S/C21H25NO5/c1-5-15-6-8-16(9-7-15)14(2)22-20(23)13-27-17-10-11-18(21(24)26-4)19(12-17)25-3/h6-12,14H,5,13H2,1-4H3,(H,22,23)/t14-/m1/s1. The Kier molecular flexibility index (Phi) is 7.23. The van der Waals surface area contributed by atoms with Crippen molar-refractivity contribution in [2.75, 3.05) is 20.8 Å². The van der Waals surface area contributed by atoms with Gasteiger partial charge in [0.2, 0.25) is 0 Å². The largest absolute Gasteiger partial charge is 0.496 e. The Balaban J connectivity index is 1.93. The molecule has 2 aromatic rings. The fourth-order valence-electron chi connectivity index (χ4n) is 2.60. The van der Waals surface area contributed by atoms with Crippen molar-refractivity contribution in [2.24, 2.45) is 0 Å². The molecule has 0 spiro atoms.